The van der Waals surface area contributed by atoms with Crippen molar-refractivity contribution < 1.29 is 18.3 Å². The van der Waals surface area contributed by atoms with Crippen LogP contribution in [-0.2, 0) is 10.0 Å². The summed E-state index contributed by atoms with van der Waals surface area (Å²) in [7, 11) is -3.40. The number of piperidine rings is 1. The number of carbonyl (C=O) groups is 1. The van der Waals surface area contributed by atoms with Crippen LogP contribution in [0, 0.1) is 5.92 Å². The summed E-state index contributed by atoms with van der Waals surface area (Å²) in [5, 5.41) is 13.1. The van der Waals surface area contributed by atoms with E-state index in [0.717, 1.165) is 32.2 Å². The van der Waals surface area contributed by atoms with Crippen molar-refractivity contribution in [1.29, 1.82) is 0 Å². The molecule has 0 atom stereocenters. The maximum absolute atomic E-state index is 12.3. The quantitative estimate of drug-likeness (QED) is 0.719. The first kappa shape index (κ1) is 14.8. The lowest BCUT2D eigenvalue weighted by molar-refractivity contribution is 0.0892. The zero-order valence-electron chi connectivity index (χ0n) is 11.2. The Morgan fingerprint density at radius 2 is 2.00 bits per heavy atom. The van der Waals surface area contributed by atoms with E-state index in [1.165, 1.54) is 18.2 Å². The number of phenolic OH excluding ortho intramolecular Hbond substituents is 1. The van der Waals surface area contributed by atoms with Crippen LogP contribution in [-0.4, -0.2) is 38.7 Å². The van der Waals surface area contributed by atoms with Crippen molar-refractivity contribution in [2.45, 2.75) is 12.8 Å². The number of nitrogens with one attached hydrogen (secondary N) is 2. The second-order valence-corrected chi connectivity index (χ2v) is 6.74. The molecule has 2 rings (SSSR count). The predicted octanol–water partition coefficient (Wildman–Crippen LogP) is 0.946. The van der Waals surface area contributed by atoms with Crippen LogP contribution in [0.2, 0.25) is 0 Å². The van der Waals surface area contributed by atoms with Gasteiger partial charge in [0.25, 0.3) is 0 Å². The fraction of sp³-hybridized carbons (Fsp3) is 0.462. The van der Waals surface area contributed by atoms with Crippen LogP contribution in [0.15, 0.2) is 18.2 Å². The van der Waals surface area contributed by atoms with Gasteiger partial charge in [0, 0.05) is 12.0 Å². The van der Waals surface area contributed by atoms with Gasteiger partial charge in [-0.25, -0.2) is 8.42 Å². The van der Waals surface area contributed by atoms with Gasteiger partial charge in [-0.1, -0.05) is 0 Å². The molecule has 1 aliphatic heterocycles. The van der Waals surface area contributed by atoms with E-state index in [1.807, 2.05) is 0 Å². The molecule has 1 heterocycles. The van der Waals surface area contributed by atoms with Gasteiger partial charge < -0.3 is 10.4 Å². The molecule has 0 saturated carbocycles. The summed E-state index contributed by atoms with van der Waals surface area (Å²) in [5.74, 6) is -0.368. The first-order chi connectivity index (χ1) is 9.37. The van der Waals surface area contributed by atoms with Crippen LogP contribution in [0.3, 0.4) is 0 Å². The number of sulfonamides is 1. The molecular formula is C13H18N2O4S. The molecule has 1 aromatic carbocycles. The van der Waals surface area contributed by atoms with Crippen LogP contribution in [0.4, 0.5) is 5.69 Å². The van der Waals surface area contributed by atoms with E-state index < -0.39 is 10.0 Å². The van der Waals surface area contributed by atoms with Gasteiger partial charge in [-0.2, -0.15) is 0 Å². The highest BCUT2D eigenvalue weighted by Gasteiger charge is 2.24. The molecule has 1 aromatic rings. The number of benzene rings is 1. The van der Waals surface area contributed by atoms with Crippen LogP contribution in [0.5, 0.6) is 5.75 Å². The van der Waals surface area contributed by atoms with Crippen molar-refractivity contribution in [1.82, 2.24) is 5.32 Å². The summed E-state index contributed by atoms with van der Waals surface area (Å²) in [6, 6.07) is 4.21. The summed E-state index contributed by atoms with van der Waals surface area (Å²) in [6.45, 7) is 1.59. The molecule has 7 heteroatoms. The average Bonchev–Trinajstić information content (AvgIpc) is 2.37. The van der Waals surface area contributed by atoms with Crippen molar-refractivity contribution in [2.75, 3.05) is 24.1 Å². The molecule has 0 unspecified atom stereocenters. The Balaban J connectivity index is 2.18. The molecular weight excluding hydrogens is 280 g/mol. The number of hydrogen-bond acceptors (Lipinski definition) is 5. The molecule has 3 N–H and O–H groups in total. The van der Waals surface area contributed by atoms with E-state index in [2.05, 4.69) is 10.0 Å². The minimum absolute atomic E-state index is 0.0872. The number of rotatable bonds is 4. The van der Waals surface area contributed by atoms with Gasteiger partial charge in [-0.3, -0.25) is 9.52 Å². The Bertz CT molecular complexity index is 607. The van der Waals surface area contributed by atoms with E-state index in [-0.39, 0.29) is 28.7 Å². The number of carbonyl (C=O) groups excluding carboxylic acids is 1. The Labute approximate surface area is 118 Å². The van der Waals surface area contributed by atoms with Gasteiger partial charge in [-0.05, 0) is 38.1 Å². The standard InChI is InChI=1S/C13H18N2O4S/c1-20(18,19)15-10-2-3-11(12(16)8-10)13(17)9-4-6-14-7-5-9/h2-3,8-9,14-16H,4-7H2,1H3. The van der Waals surface area contributed by atoms with Gasteiger partial charge in [0.1, 0.15) is 5.75 Å². The number of hydrogen-bond donors (Lipinski definition) is 3. The first-order valence-electron chi connectivity index (χ1n) is 6.42. The lowest BCUT2D eigenvalue weighted by Gasteiger charge is -2.21. The minimum Gasteiger partial charge on any atom is -0.507 e. The van der Waals surface area contributed by atoms with Gasteiger partial charge in [0.05, 0.1) is 17.5 Å². The summed E-state index contributed by atoms with van der Waals surface area (Å²) >= 11 is 0. The Morgan fingerprint density at radius 3 is 2.55 bits per heavy atom. The summed E-state index contributed by atoms with van der Waals surface area (Å²) in [6.07, 6.45) is 2.53. The van der Waals surface area contributed by atoms with Crippen molar-refractivity contribution >= 4 is 21.5 Å². The molecule has 20 heavy (non-hydrogen) atoms. The molecule has 0 bridgehead atoms. The van der Waals surface area contributed by atoms with Gasteiger partial charge >= 0.3 is 0 Å². The lowest BCUT2D eigenvalue weighted by atomic mass is 9.89. The van der Waals surface area contributed by atoms with Gasteiger partial charge in [-0.15, -0.1) is 0 Å². The maximum atomic E-state index is 12.3. The highest BCUT2D eigenvalue weighted by Crippen LogP contribution is 2.27. The average molecular weight is 298 g/mol. The number of phenols is 1. The van der Waals surface area contributed by atoms with Crippen molar-refractivity contribution in [2.24, 2.45) is 5.92 Å². The summed E-state index contributed by atoms with van der Waals surface area (Å²) in [4.78, 5) is 12.3. The first-order valence-corrected chi connectivity index (χ1v) is 8.32. The Hall–Kier alpha value is -1.60. The molecule has 110 valence electrons. The molecule has 1 saturated heterocycles. The number of aromatic hydroxyl groups is 1. The van der Waals surface area contributed by atoms with Crippen molar-refractivity contribution in [3.63, 3.8) is 0 Å². The van der Waals surface area contributed by atoms with E-state index in [4.69, 9.17) is 0 Å². The van der Waals surface area contributed by atoms with Gasteiger partial charge in [0.2, 0.25) is 10.0 Å². The highest BCUT2D eigenvalue weighted by molar-refractivity contribution is 7.92. The largest absolute Gasteiger partial charge is 0.507 e. The number of ketones is 1. The third-order valence-corrected chi connectivity index (χ3v) is 3.88. The van der Waals surface area contributed by atoms with Crippen LogP contribution in [0.1, 0.15) is 23.2 Å². The lowest BCUT2D eigenvalue weighted by Crippen LogP contribution is -2.31. The summed E-state index contributed by atoms with van der Waals surface area (Å²) < 4.78 is 24.5. The molecule has 1 aliphatic rings. The van der Waals surface area contributed by atoms with E-state index >= 15 is 0 Å². The molecule has 0 radical (unpaired) electrons. The van der Waals surface area contributed by atoms with Crippen molar-refractivity contribution in [3.05, 3.63) is 23.8 Å². The number of Topliss-reactive ketones (excluding diaryl/α,β-unsaturated/α-hetero) is 1. The zero-order chi connectivity index (χ0) is 14.8. The zero-order valence-corrected chi connectivity index (χ0v) is 12.0. The van der Waals surface area contributed by atoms with Crippen molar-refractivity contribution in [3.8, 4) is 5.75 Å². The second kappa shape index (κ2) is 5.80. The SMILES string of the molecule is CS(=O)(=O)Nc1ccc(C(=O)C2CCNCC2)c(O)c1. The highest BCUT2D eigenvalue weighted by atomic mass is 32.2. The fourth-order valence-corrected chi connectivity index (χ4v) is 2.88. The Kier molecular flexibility index (Phi) is 4.29. The van der Waals surface area contributed by atoms with Crippen LogP contribution >= 0.6 is 0 Å². The minimum atomic E-state index is -3.40. The second-order valence-electron chi connectivity index (χ2n) is 4.99. The predicted molar refractivity (Wildman–Crippen MR) is 76.5 cm³/mol. The third kappa shape index (κ3) is 3.71. The Morgan fingerprint density at radius 1 is 1.35 bits per heavy atom. The maximum Gasteiger partial charge on any atom is 0.229 e. The summed E-state index contributed by atoms with van der Waals surface area (Å²) in [5.41, 5.74) is 0.489. The molecule has 6 nitrogen and oxygen atoms in total. The third-order valence-electron chi connectivity index (χ3n) is 3.28. The molecule has 0 amide bonds. The monoisotopic (exact) mass is 298 g/mol. The molecule has 1 fully saturated rings. The molecule has 0 aromatic heterocycles. The molecule has 0 spiro atoms. The van der Waals surface area contributed by atoms with Crippen LogP contribution < -0.4 is 10.0 Å². The normalized spacial score (nSPS) is 16.9. The topological polar surface area (TPSA) is 95.5 Å². The fourth-order valence-electron chi connectivity index (χ4n) is 2.32. The van der Waals surface area contributed by atoms with E-state index in [0.29, 0.717) is 0 Å². The van der Waals surface area contributed by atoms with Crippen LogP contribution in [0.25, 0.3) is 0 Å². The smallest absolute Gasteiger partial charge is 0.229 e. The van der Waals surface area contributed by atoms with E-state index in [9.17, 15) is 18.3 Å². The number of anilines is 1. The van der Waals surface area contributed by atoms with E-state index in [1.54, 1.807) is 0 Å². The van der Waals surface area contributed by atoms with Gasteiger partial charge in [0.15, 0.2) is 5.78 Å². The molecule has 0 aliphatic carbocycles.